The van der Waals surface area contributed by atoms with E-state index >= 15 is 0 Å². The van der Waals surface area contributed by atoms with Crippen LogP contribution in [0.2, 0.25) is 0 Å². The molecule has 1 aromatic heterocycles. The van der Waals surface area contributed by atoms with Crippen molar-refractivity contribution in [3.05, 3.63) is 16.1 Å². The van der Waals surface area contributed by atoms with Crippen LogP contribution in [-0.2, 0) is 12.3 Å². The Morgan fingerprint density at radius 3 is 2.88 bits per heavy atom. The van der Waals surface area contributed by atoms with E-state index in [0.717, 1.165) is 24.6 Å². The predicted molar refractivity (Wildman–Crippen MR) is 70.2 cm³/mol. The van der Waals surface area contributed by atoms with Gasteiger partial charge in [-0.2, -0.15) is 0 Å². The standard InChI is InChI=1S/C12H19ClN2S/c1-10-2-5-15(6-3-10)7-4-12-14-11(8-13)9-16-12/h9-10H,2-8H2,1H3. The van der Waals surface area contributed by atoms with Crippen LogP contribution in [0.1, 0.15) is 30.5 Å². The minimum atomic E-state index is 0.539. The second kappa shape index (κ2) is 5.99. The van der Waals surface area contributed by atoms with Gasteiger partial charge in [-0.1, -0.05) is 6.92 Å². The van der Waals surface area contributed by atoms with Gasteiger partial charge in [-0.05, 0) is 31.8 Å². The summed E-state index contributed by atoms with van der Waals surface area (Å²) in [6.45, 7) is 6.02. The summed E-state index contributed by atoms with van der Waals surface area (Å²) in [5.41, 5.74) is 1.02. The number of hydrogen-bond donors (Lipinski definition) is 0. The fourth-order valence-corrected chi connectivity index (χ4v) is 3.08. The molecule has 1 fully saturated rings. The second-order valence-corrected chi connectivity index (χ2v) is 5.85. The Morgan fingerprint density at radius 2 is 2.25 bits per heavy atom. The molecule has 1 aliphatic heterocycles. The lowest BCUT2D eigenvalue weighted by Crippen LogP contribution is -2.34. The lowest BCUT2D eigenvalue weighted by atomic mass is 9.99. The van der Waals surface area contributed by atoms with Crippen molar-refractivity contribution in [1.29, 1.82) is 0 Å². The van der Waals surface area contributed by atoms with Crippen molar-refractivity contribution < 1.29 is 0 Å². The van der Waals surface area contributed by atoms with Crippen molar-refractivity contribution in [3.63, 3.8) is 0 Å². The van der Waals surface area contributed by atoms with Crippen LogP contribution in [0.5, 0.6) is 0 Å². The SMILES string of the molecule is CC1CCN(CCc2nc(CCl)cs2)CC1. The number of likely N-dealkylation sites (tertiary alicyclic amines) is 1. The third-order valence-corrected chi connectivity index (χ3v) is 4.49. The molecule has 16 heavy (non-hydrogen) atoms. The second-order valence-electron chi connectivity index (χ2n) is 4.64. The Labute approximate surface area is 107 Å². The van der Waals surface area contributed by atoms with Crippen LogP contribution in [0.3, 0.4) is 0 Å². The van der Waals surface area contributed by atoms with Crippen LogP contribution in [-0.4, -0.2) is 29.5 Å². The Kier molecular flexibility index (Phi) is 4.62. The van der Waals surface area contributed by atoms with Gasteiger partial charge in [0.2, 0.25) is 0 Å². The van der Waals surface area contributed by atoms with Gasteiger partial charge in [0.1, 0.15) is 0 Å². The molecule has 2 heterocycles. The van der Waals surface area contributed by atoms with Gasteiger partial charge in [0.25, 0.3) is 0 Å². The molecule has 0 aromatic carbocycles. The fourth-order valence-electron chi connectivity index (χ4n) is 2.06. The highest BCUT2D eigenvalue weighted by atomic mass is 35.5. The molecule has 1 saturated heterocycles. The molecule has 2 nitrogen and oxygen atoms in total. The van der Waals surface area contributed by atoms with Crippen molar-refractivity contribution in [2.45, 2.75) is 32.1 Å². The highest BCUT2D eigenvalue weighted by Crippen LogP contribution is 2.17. The molecular weight excluding hydrogens is 240 g/mol. The van der Waals surface area contributed by atoms with Crippen molar-refractivity contribution in [2.24, 2.45) is 5.92 Å². The molecule has 0 amide bonds. The molecule has 2 rings (SSSR count). The Morgan fingerprint density at radius 1 is 1.50 bits per heavy atom. The molecule has 1 aromatic rings. The number of piperidine rings is 1. The van der Waals surface area contributed by atoms with E-state index in [9.17, 15) is 0 Å². The summed E-state index contributed by atoms with van der Waals surface area (Å²) < 4.78 is 0. The van der Waals surface area contributed by atoms with Crippen LogP contribution in [0, 0.1) is 5.92 Å². The molecule has 1 aliphatic rings. The monoisotopic (exact) mass is 258 g/mol. The molecule has 0 radical (unpaired) electrons. The molecule has 0 unspecified atom stereocenters. The van der Waals surface area contributed by atoms with Gasteiger partial charge < -0.3 is 4.90 Å². The molecule has 0 saturated carbocycles. The van der Waals surface area contributed by atoms with E-state index in [-0.39, 0.29) is 0 Å². The maximum atomic E-state index is 5.74. The molecule has 0 aliphatic carbocycles. The minimum Gasteiger partial charge on any atom is -0.303 e. The Bertz CT molecular complexity index is 319. The molecule has 0 N–H and O–H groups in total. The number of halogens is 1. The van der Waals surface area contributed by atoms with Crippen molar-refractivity contribution >= 4 is 22.9 Å². The Balaban J connectivity index is 1.74. The van der Waals surface area contributed by atoms with Gasteiger partial charge in [-0.15, -0.1) is 22.9 Å². The zero-order valence-electron chi connectivity index (χ0n) is 9.79. The number of nitrogens with zero attached hydrogens (tertiary/aromatic N) is 2. The molecular formula is C12H19ClN2S. The Hall–Kier alpha value is -0.120. The van der Waals surface area contributed by atoms with Crippen molar-refractivity contribution in [1.82, 2.24) is 9.88 Å². The number of alkyl halides is 1. The van der Waals surface area contributed by atoms with Crippen LogP contribution in [0.15, 0.2) is 5.38 Å². The van der Waals surface area contributed by atoms with E-state index in [1.54, 1.807) is 11.3 Å². The number of rotatable bonds is 4. The van der Waals surface area contributed by atoms with E-state index in [4.69, 9.17) is 11.6 Å². The van der Waals surface area contributed by atoms with E-state index in [1.807, 2.05) is 0 Å². The summed E-state index contributed by atoms with van der Waals surface area (Å²) in [6, 6.07) is 0. The molecule has 90 valence electrons. The summed E-state index contributed by atoms with van der Waals surface area (Å²) in [6.07, 6.45) is 3.78. The topological polar surface area (TPSA) is 16.1 Å². The summed E-state index contributed by atoms with van der Waals surface area (Å²) in [4.78, 5) is 7.05. The van der Waals surface area contributed by atoms with E-state index in [2.05, 4.69) is 22.2 Å². The number of aromatic nitrogens is 1. The first-order chi connectivity index (χ1) is 7.78. The van der Waals surface area contributed by atoms with E-state index in [0.29, 0.717) is 5.88 Å². The number of hydrogen-bond acceptors (Lipinski definition) is 3. The van der Waals surface area contributed by atoms with Gasteiger partial charge in [0, 0.05) is 18.3 Å². The predicted octanol–water partition coefficient (Wildman–Crippen LogP) is 3.16. The normalized spacial score (nSPS) is 19.1. The summed E-state index contributed by atoms with van der Waals surface area (Å²) in [5.74, 6) is 1.46. The summed E-state index contributed by atoms with van der Waals surface area (Å²) in [5, 5.41) is 3.30. The smallest absolute Gasteiger partial charge is 0.0941 e. The van der Waals surface area contributed by atoms with Gasteiger partial charge in [-0.25, -0.2) is 4.98 Å². The van der Waals surface area contributed by atoms with E-state index in [1.165, 1.54) is 30.9 Å². The average Bonchev–Trinajstić information content (AvgIpc) is 2.76. The third-order valence-electron chi connectivity index (χ3n) is 3.25. The first-order valence-corrected chi connectivity index (χ1v) is 7.41. The summed E-state index contributed by atoms with van der Waals surface area (Å²) in [7, 11) is 0. The fraction of sp³-hybridized carbons (Fsp3) is 0.750. The first kappa shape index (κ1) is 12.3. The van der Waals surface area contributed by atoms with Gasteiger partial charge in [0.05, 0.1) is 16.6 Å². The third kappa shape index (κ3) is 3.44. The lowest BCUT2D eigenvalue weighted by molar-refractivity contribution is 0.194. The van der Waals surface area contributed by atoms with Crippen LogP contribution >= 0.6 is 22.9 Å². The highest BCUT2D eigenvalue weighted by Gasteiger charge is 2.15. The number of thiazole rings is 1. The largest absolute Gasteiger partial charge is 0.303 e. The maximum absolute atomic E-state index is 5.74. The molecule has 0 bridgehead atoms. The van der Waals surface area contributed by atoms with E-state index < -0.39 is 0 Å². The van der Waals surface area contributed by atoms with Gasteiger partial charge in [0.15, 0.2) is 0 Å². The van der Waals surface area contributed by atoms with Crippen LogP contribution in [0.4, 0.5) is 0 Å². The first-order valence-electron chi connectivity index (χ1n) is 5.99. The molecule has 0 atom stereocenters. The van der Waals surface area contributed by atoms with Crippen molar-refractivity contribution in [2.75, 3.05) is 19.6 Å². The molecule has 0 spiro atoms. The maximum Gasteiger partial charge on any atom is 0.0941 e. The van der Waals surface area contributed by atoms with Crippen molar-refractivity contribution in [3.8, 4) is 0 Å². The van der Waals surface area contributed by atoms with Crippen LogP contribution in [0.25, 0.3) is 0 Å². The zero-order chi connectivity index (χ0) is 11.4. The van der Waals surface area contributed by atoms with Gasteiger partial charge >= 0.3 is 0 Å². The lowest BCUT2D eigenvalue weighted by Gasteiger charge is -2.29. The van der Waals surface area contributed by atoms with Crippen LogP contribution < -0.4 is 0 Å². The minimum absolute atomic E-state index is 0.539. The quantitative estimate of drug-likeness (QED) is 0.772. The van der Waals surface area contributed by atoms with Gasteiger partial charge in [-0.3, -0.25) is 0 Å². The highest BCUT2D eigenvalue weighted by molar-refractivity contribution is 7.09. The zero-order valence-corrected chi connectivity index (χ0v) is 11.4. The molecule has 4 heteroatoms. The summed E-state index contributed by atoms with van der Waals surface area (Å²) >= 11 is 7.48. The average molecular weight is 259 g/mol.